The number of carbonyl (C=O) groups excluding carboxylic acids is 1. The molecule has 0 aliphatic rings. The first-order valence-electron chi connectivity index (χ1n) is 10.6. The van der Waals surface area contributed by atoms with Crippen LogP contribution in [0.15, 0.2) is 77.7 Å². The van der Waals surface area contributed by atoms with Crippen molar-refractivity contribution in [3.8, 4) is 5.75 Å². The van der Waals surface area contributed by atoms with Crippen LogP contribution in [0.3, 0.4) is 0 Å². The molecular weight excluding hydrogens is 495 g/mol. The molecule has 0 heterocycles. The number of hydrogen-bond donors (Lipinski definition) is 1. The van der Waals surface area contributed by atoms with E-state index in [4.69, 9.17) is 27.9 Å². The second kappa shape index (κ2) is 11.7. The summed E-state index contributed by atoms with van der Waals surface area (Å²) < 4.78 is 33.3. The van der Waals surface area contributed by atoms with Gasteiger partial charge in [-0.05, 0) is 54.8 Å². The maximum Gasteiger partial charge on any atom is 0.245 e. The Morgan fingerprint density at radius 3 is 2.35 bits per heavy atom. The molecule has 180 valence electrons. The standard InChI is InChI=1S/C25H26Cl2N2O4S/c1-18(20-8-11-22(33-2)12-9-20)28-25(30)17-29(15-14-19-6-4-3-5-7-19)34(31,32)24-16-21(26)10-13-23(24)27/h3-13,16,18H,14-15,17H2,1-2H3,(H,28,30)/t18-/m1/s1. The monoisotopic (exact) mass is 520 g/mol. The van der Waals surface area contributed by atoms with Crippen LogP contribution in [0, 0.1) is 0 Å². The van der Waals surface area contributed by atoms with Gasteiger partial charge in [-0.3, -0.25) is 4.79 Å². The Morgan fingerprint density at radius 2 is 1.71 bits per heavy atom. The average molecular weight is 521 g/mol. The predicted octanol–water partition coefficient (Wildman–Crippen LogP) is 5.11. The van der Waals surface area contributed by atoms with Gasteiger partial charge in [0, 0.05) is 11.6 Å². The minimum absolute atomic E-state index is 0.0427. The first-order valence-corrected chi connectivity index (χ1v) is 12.8. The Morgan fingerprint density at radius 1 is 1.03 bits per heavy atom. The van der Waals surface area contributed by atoms with Crippen molar-refractivity contribution >= 4 is 39.1 Å². The summed E-state index contributed by atoms with van der Waals surface area (Å²) in [6, 6.07) is 20.7. The van der Waals surface area contributed by atoms with Crippen molar-refractivity contribution in [1.29, 1.82) is 0 Å². The molecule has 0 radical (unpaired) electrons. The van der Waals surface area contributed by atoms with Gasteiger partial charge in [0.05, 0.1) is 24.7 Å². The Bertz CT molecular complexity index is 1220. The fraction of sp³-hybridized carbons (Fsp3) is 0.240. The second-order valence-electron chi connectivity index (χ2n) is 7.71. The molecule has 0 aromatic heterocycles. The van der Waals surface area contributed by atoms with E-state index in [1.54, 1.807) is 19.2 Å². The van der Waals surface area contributed by atoms with Gasteiger partial charge in [0.1, 0.15) is 10.6 Å². The van der Waals surface area contributed by atoms with Gasteiger partial charge >= 0.3 is 0 Å². The van der Waals surface area contributed by atoms with Crippen LogP contribution in [0.2, 0.25) is 10.0 Å². The third kappa shape index (κ3) is 6.73. The zero-order valence-corrected chi connectivity index (χ0v) is 21.2. The summed E-state index contributed by atoms with van der Waals surface area (Å²) in [6.07, 6.45) is 0.430. The lowest BCUT2D eigenvalue weighted by atomic mass is 10.1. The van der Waals surface area contributed by atoms with Gasteiger partial charge in [0.25, 0.3) is 0 Å². The number of amides is 1. The fourth-order valence-electron chi connectivity index (χ4n) is 3.42. The zero-order valence-electron chi connectivity index (χ0n) is 18.9. The molecule has 6 nitrogen and oxygen atoms in total. The summed E-state index contributed by atoms with van der Waals surface area (Å²) >= 11 is 12.2. The molecule has 0 aliphatic carbocycles. The van der Waals surface area contributed by atoms with Crippen molar-refractivity contribution in [2.75, 3.05) is 20.2 Å². The molecule has 0 fully saturated rings. The first kappa shape index (κ1) is 26.0. The number of rotatable bonds is 10. The Hall–Kier alpha value is -2.58. The molecule has 34 heavy (non-hydrogen) atoms. The summed E-state index contributed by atoms with van der Waals surface area (Å²) in [6.45, 7) is 1.56. The number of ether oxygens (including phenoxy) is 1. The average Bonchev–Trinajstić information content (AvgIpc) is 2.83. The van der Waals surface area contributed by atoms with Gasteiger partial charge in [0.15, 0.2) is 0 Å². The number of hydrogen-bond acceptors (Lipinski definition) is 4. The van der Waals surface area contributed by atoms with Crippen molar-refractivity contribution in [2.45, 2.75) is 24.3 Å². The highest BCUT2D eigenvalue weighted by Gasteiger charge is 2.29. The molecule has 1 N–H and O–H groups in total. The van der Waals surface area contributed by atoms with Crippen molar-refractivity contribution in [3.63, 3.8) is 0 Å². The highest BCUT2D eigenvalue weighted by Crippen LogP contribution is 2.28. The van der Waals surface area contributed by atoms with Gasteiger partial charge in [-0.25, -0.2) is 8.42 Å². The van der Waals surface area contributed by atoms with Crippen molar-refractivity contribution in [2.24, 2.45) is 0 Å². The number of benzene rings is 3. The maximum absolute atomic E-state index is 13.5. The van der Waals surface area contributed by atoms with E-state index in [1.165, 1.54) is 18.2 Å². The number of nitrogens with one attached hydrogen (secondary N) is 1. The minimum atomic E-state index is -4.09. The van der Waals surface area contributed by atoms with Crippen LogP contribution in [0.25, 0.3) is 0 Å². The molecule has 3 aromatic rings. The summed E-state index contributed by atoms with van der Waals surface area (Å²) in [4.78, 5) is 12.8. The van der Waals surface area contributed by atoms with E-state index in [-0.39, 0.29) is 34.1 Å². The van der Waals surface area contributed by atoms with Gasteiger partial charge < -0.3 is 10.1 Å². The summed E-state index contributed by atoms with van der Waals surface area (Å²) in [7, 11) is -2.51. The highest BCUT2D eigenvalue weighted by atomic mass is 35.5. The fourth-order valence-corrected chi connectivity index (χ4v) is 5.55. The van der Waals surface area contributed by atoms with E-state index in [0.717, 1.165) is 15.4 Å². The Balaban J connectivity index is 1.80. The molecule has 0 unspecified atom stereocenters. The van der Waals surface area contributed by atoms with E-state index in [2.05, 4.69) is 5.32 Å². The summed E-state index contributed by atoms with van der Waals surface area (Å²) in [5, 5.41) is 3.15. The van der Waals surface area contributed by atoms with Gasteiger partial charge in [-0.2, -0.15) is 4.31 Å². The van der Waals surface area contributed by atoms with Crippen LogP contribution in [-0.2, 0) is 21.2 Å². The van der Waals surface area contributed by atoms with Crippen molar-refractivity contribution < 1.29 is 17.9 Å². The highest BCUT2D eigenvalue weighted by molar-refractivity contribution is 7.89. The lowest BCUT2D eigenvalue weighted by Crippen LogP contribution is -2.42. The van der Waals surface area contributed by atoms with Crippen molar-refractivity contribution in [3.05, 3.63) is 94.0 Å². The minimum Gasteiger partial charge on any atom is -0.497 e. The summed E-state index contributed by atoms with van der Waals surface area (Å²) in [5.74, 6) is 0.275. The molecular formula is C25H26Cl2N2O4S. The second-order valence-corrected chi connectivity index (χ2v) is 10.5. The van der Waals surface area contributed by atoms with Crippen LogP contribution >= 0.6 is 23.2 Å². The van der Waals surface area contributed by atoms with E-state index in [0.29, 0.717) is 12.2 Å². The maximum atomic E-state index is 13.5. The van der Waals surface area contributed by atoms with Crippen molar-refractivity contribution in [1.82, 2.24) is 9.62 Å². The van der Waals surface area contributed by atoms with Gasteiger partial charge in [0.2, 0.25) is 15.9 Å². The smallest absolute Gasteiger partial charge is 0.245 e. The van der Waals surface area contributed by atoms with Crippen LogP contribution in [-0.4, -0.2) is 38.8 Å². The Kier molecular flexibility index (Phi) is 8.97. The molecule has 0 saturated carbocycles. The third-order valence-corrected chi connectivity index (χ3v) is 7.88. The molecule has 0 saturated heterocycles. The number of carbonyl (C=O) groups is 1. The molecule has 1 atom stereocenters. The van der Waals surface area contributed by atoms with Crippen LogP contribution < -0.4 is 10.1 Å². The normalized spacial score (nSPS) is 12.4. The van der Waals surface area contributed by atoms with Crippen LogP contribution in [0.4, 0.5) is 0 Å². The van der Waals surface area contributed by atoms with Gasteiger partial charge in [-0.1, -0.05) is 65.7 Å². The lowest BCUT2D eigenvalue weighted by Gasteiger charge is -2.24. The number of sulfonamides is 1. The molecule has 0 bridgehead atoms. The third-order valence-electron chi connectivity index (χ3n) is 5.32. The number of nitrogens with zero attached hydrogens (tertiary/aromatic N) is 1. The van der Waals surface area contributed by atoms with E-state index < -0.39 is 15.9 Å². The van der Waals surface area contributed by atoms with E-state index in [1.807, 2.05) is 49.4 Å². The van der Waals surface area contributed by atoms with Gasteiger partial charge in [-0.15, -0.1) is 0 Å². The molecule has 9 heteroatoms. The molecule has 0 aliphatic heterocycles. The molecule has 3 rings (SSSR count). The van der Waals surface area contributed by atoms with E-state index in [9.17, 15) is 13.2 Å². The molecule has 0 spiro atoms. The number of halogens is 2. The first-order chi connectivity index (χ1) is 16.2. The molecule has 3 aromatic carbocycles. The van der Waals surface area contributed by atoms with Crippen LogP contribution in [0.5, 0.6) is 5.75 Å². The largest absolute Gasteiger partial charge is 0.497 e. The quantitative estimate of drug-likeness (QED) is 0.402. The predicted molar refractivity (Wildman–Crippen MR) is 135 cm³/mol. The topological polar surface area (TPSA) is 75.7 Å². The molecule has 1 amide bonds. The summed E-state index contributed by atoms with van der Waals surface area (Å²) in [5.41, 5.74) is 1.82. The lowest BCUT2D eigenvalue weighted by molar-refractivity contribution is -0.121. The van der Waals surface area contributed by atoms with Crippen LogP contribution in [0.1, 0.15) is 24.1 Å². The Labute approximate surface area is 210 Å². The van der Waals surface area contributed by atoms with E-state index >= 15 is 0 Å². The zero-order chi connectivity index (χ0) is 24.7. The SMILES string of the molecule is COc1ccc([C@@H](C)NC(=O)CN(CCc2ccccc2)S(=O)(=O)c2cc(Cl)ccc2Cl)cc1. The number of methoxy groups -OCH3 is 1.